The number of carbonyl (C=O) groups is 2. The Balaban J connectivity index is 2.08. The summed E-state index contributed by atoms with van der Waals surface area (Å²) in [6.45, 7) is 1.79. The Bertz CT molecular complexity index is 685. The number of carboxylic acid groups (broad SMARTS) is 1. The zero-order valence-corrected chi connectivity index (χ0v) is 11.8. The van der Waals surface area contributed by atoms with E-state index in [4.69, 9.17) is 5.11 Å². The van der Waals surface area contributed by atoms with Gasteiger partial charge in [0.1, 0.15) is 5.00 Å². The maximum Gasteiger partial charge on any atom is 0.338 e. The van der Waals surface area contributed by atoms with Crippen LogP contribution in [-0.4, -0.2) is 26.8 Å². The van der Waals surface area contributed by atoms with Crippen molar-refractivity contribution in [3.05, 3.63) is 40.5 Å². The molecule has 0 atom stereocenters. The van der Waals surface area contributed by atoms with Gasteiger partial charge in [-0.05, 0) is 19.1 Å². The third-order valence-electron chi connectivity index (χ3n) is 2.47. The molecule has 2 aromatic rings. The Labute approximate surface area is 119 Å². The lowest BCUT2D eigenvalue weighted by Gasteiger charge is -1.99. The molecule has 2 aromatic heterocycles. The molecule has 2 N–H and O–H groups in total. The lowest BCUT2D eigenvalue weighted by molar-refractivity contribution is -0.111. The van der Waals surface area contributed by atoms with E-state index in [1.165, 1.54) is 23.5 Å². The third-order valence-corrected chi connectivity index (χ3v) is 3.44. The molecule has 2 rings (SSSR count). The van der Waals surface area contributed by atoms with E-state index in [2.05, 4.69) is 10.4 Å². The normalized spacial score (nSPS) is 10.9. The quantitative estimate of drug-likeness (QED) is 0.845. The van der Waals surface area contributed by atoms with E-state index in [1.807, 2.05) is 0 Å². The van der Waals surface area contributed by atoms with Gasteiger partial charge in [-0.2, -0.15) is 5.10 Å². The molecule has 0 radical (unpaired) electrons. The van der Waals surface area contributed by atoms with E-state index in [1.54, 1.807) is 37.1 Å². The van der Waals surface area contributed by atoms with Crippen LogP contribution in [0.3, 0.4) is 0 Å². The molecular formula is C13H13N3O3S. The van der Waals surface area contributed by atoms with E-state index in [0.717, 1.165) is 10.4 Å². The topological polar surface area (TPSA) is 84.2 Å². The Kier molecular flexibility index (Phi) is 3.99. The fraction of sp³-hybridized carbons (Fsp3) is 0.154. The van der Waals surface area contributed by atoms with E-state index < -0.39 is 5.97 Å². The van der Waals surface area contributed by atoms with Crippen molar-refractivity contribution >= 4 is 34.3 Å². The molecule has 0 aliphatic carbocycles. The predicted molar refractivity (Wildman–Crippen MR) is 76.9 cm³/mol. The van der Waals surface area contributed by atoms with E-state index in [0.29, 0.717) is 5.00 Å². The molecular weight excluding hydrogens is 278 g/mol. The molecule has 2 heterocycles. The van der Waals surface area contributed by atoms with Gasteiger partial charge in [-0.25, -0.2) is 4.79 Å². The molecule has 7 heteroatoms. The van der Waals surface area contributed by atoms with Crippen molar-refractivity contribution in [3.63, 3.8) is 0 Å². The van der Waals surface area contributed by atoms with Crippen LogP contribution in [0.1, 0.15) is 20.8 Å². The average molecular weight is 291 g/mol. The number of carboxylic acids is 1. The first-order valence-electron chi connectivity index (χ1n) is 5.77. The molecule has 0 aromatic carbocycles. The minimum atomic E-state index is -1.05. The Morgan fingerprint density at radius 3 is 2.85 bits per heavy atom. The summed E-state index contributed by atoms with van der Waals surface area (Å²) in [5.41, 5.74) is 0.902. The number of nitrogens with one attached hydrogen (secondary N) is 1. The number of anilines is 1. The molecule has 0 aliphatic heterocycles. The minimum Gasteiger partial charge on any atom is -0.478 e. The lowest BCUT2D eigenvalue weighted by atomic mass is 10.3. The summed E-state index contributed by atoms with van der Waals surface area (Å²) in [4.78, 5) is 23.6. The smallest absolute Gasteiger partial charge is 0.338 e. The standard InChI is InChI=1S/C13H13N3O3S/c1-8-5-10(13(18)19)12(20-8)15-11(17)4-3-9-6-14-16(2)7-9/h3-7H,1-2H3,(H,15,17)(H,18,19). The summed E-state index contributed by atoms with van der Waals surface area (Å²) >= 11 is 1.23. The van der Waals surface area contributed by atoms with Crippen LogP contribution in [0, 0.1) is 6.92 Å². The van der Waals surface area contributed by atoms with E-state index >= 15 is 0 Å². The maximum atomic E-state index is 11.8. The van der Waals surface area contributed by atoms with Gasteiger partial charge in [-0.15, -0.1) is 11.3 Å². The highest BCUT2D eigenvalue weighted by atomic mass is 32.1. The fourth-order valence-electron chi connectivity index (χ4n) is 1.62. The molecule has 1 amide bonds. The van der Waals surface area contributed by atoms with Crippen molar-refractivity contribution in [1.29, 1.82) is 0 Å². The maximum absolute atomic E-state index is 11.8. The first-order chi connectivity index (χ1) is 9.45. The summed E-state index contributed by atoms with van der Waals surface area (Å²) in [6, 6.07) is 1.54. The minimum absolute atomic E-state index is 0.107. The number of amides is 1. The lowest BCUT2D eigenvalue weighted by Crippen LogP contribution is -2.09. The van der Waals surface area contributed by atoms with Gasteiger partial charge in [-0.1, -0.05) is 0 Å². The van der Waals surface area contributed by atoms with Crippen molar-refractivity contribution in [2.75, 3.05) is 5.32 Å². The molecule has 0 fully saturated rings. The summed E-state index contributed by atoms with van der Waals surface area (Å²) in [5, 5.41) is 15.9. The van der Waals surface area contributed by atoms with Crippen LogP contribution in [0.2, 0.25) is 0 Å². The number of nitrogens with zero attached hydrogens (tertiary/aromatic N) is 2. The van der Waals surface area contributed by atoms with Gasteiger partial charge in [0, 0.05) is 29.8 Å². The fourth-order valence-corrected chi connectivity index (χ4v) is 2.52. The largest absolute Gasteiger partial charge is 0.478 e. The molecule has 0 spiro atoms. The van der Waals surface area contributed by atoms with Crippen LogP contribution in [0.5, 0.6) is 0 Å². The van der Waals surface area contributed by atoms with Crippen molar-refractivity contribution < 1.29 is 14.7 Å². The zero-order valence-electron chi connectivity index (χ0n) is 11.0. The molecule has 20 heavy (non-hydrogen) atoms. The van der Waals surface area contributed by atoms with Crippen LogP contribution in [0.15, 0.2) is 24.5 Å². The van der Waals surface area contributed by atoms with Crippen molar-refractivity contribution in [2.45, 2.75) is 6.92 Å². The second kappa shape index (κ2) is 5.70. The monoisotopic (exact) mass is 291 g/mol. The average Bonchev–Trinajstić information content (AvgIpc) is 2.93. The molecule has 0 aliphatic rings. The third kappa shape index (κ3) is 3.33. The Hall–Kier alpha value is -2.41. The SMILES string of the molecule is Cc1cc(C(=O)O)c(NC(=O)C=Cc2cnn(C)c2)s1. The number of aromatic carboxylic acids is 1. The van der Waals surface area contributed by atoms with Gasteiger partial charge in [0.2, 0.25) is 5.91 Å². The Morgan fingerprint density at radius 1 is 1.50 bits per heavy atom. The highest BCUT2D eigenvalue weighted by molar-refractivity contribution is 7.16. The first-order valence-corrected chi connectivity index (χ1v) is 6.59. The van der Waals surface area contributed by atoms with Gasteiger partial charge in [0.25, 0.3) is 0 Å². The van der Waals surface area contributed by atoms with Gasteiger partial charge in [-0.3, -0.25) is 9.48 Å². The molecule has 104 valence electrons. The van der Waals surface area contributed by atoms with Gasteiger partial charge < -0.3 is 10.4 Å². The van der Waals surface area contributed by atoms with Gasteiger partial charge in [0.15, 0.2) is 0 Å². The molecule has 0 saturated carbocycles. The number of aromatic nitrogens is 2. The number of rotatable bonds is 4. The number of carbonyl (C=O) groups excluding carboxylic acids is 1. The highest BCUT2D eigenvalue weighted by Gasteiger charge is 2.14. The van der Waals surface area contributed by atoms with Crippen molar-refractivity contribution in [1.82, 2.24) is 9.78 Å². The van der Waals surface area contributed by atoms with Crippen molar-refractivity contribution in [3.8, 4) is 0 Å². The number of thiophene rings is 1. The van der Waals surface area contributed by atoms with Crippen molar-refractivity contribution in [2.24, 2.45) is 7.05 Å². The Morgan fingerprint density at radius 2 is 2.25 bits per heavy atom. The van der Waals surface area contributed by atoms with E-state index in [-0.39, 0.29) is 11.5 Å². The predicted octanol–water partition coefficient (Wildman–Crippen LogP) is 2.14. The number of hydrogen-bond donors (Lipinski definition) is 2. The second-order valence-corrected chi connectivity index (χ2v) is 5.43. The summed E-state index contributed by atoms with van der Waals surface area (Å²) in [7, 11) is 1.78. The van der Waals surface area contributed by atoms with Crippen LogP contribution in [0.4, 0.5) is 5.00 Å². The van der Waals surface area contributed by atoms with Crippen LogP contribution >= 0.6 is 11.3 Å². The number of hydrogen-bond acceptors (Lipinski definition) is 4. The zero-order chi connectivity index (χ0) is 14.7. The molecule has 0 bridgehead atoms. The summed E-state index contributed by atoms with van der Waals surface area (Å²) in [5.74, 6) is -1.43. The van der Waals surface area contributed by atoms with Gasteiger partial charge >= 0.3 is 5.97 Å². The highest BCUT2D eigenvalue weighted by Crippen LogP contribution is 2.27. The van der Waals surface area contributed by atoms with Gasteiger partial charge in [0.05, 0.1) is 11.8 Å². The molecule has 6 nitrogen and oxygen atoms in total. The van der Waals surface area contributed by atoms with Crippen LogP contribution in [-0.2, 0) is 11.8 Å². The van der Waals surface area contributed by atoms with Crippen LogP contribution < -0.4 is 5.32 Å². The summed E-state index contributed by atoms with van der Waals surface area (Å²) in [6.07, 6.45) is 6.35. The second-order valence-electron chi connectivity index (χ2n) is 4.17. The number of aryl methyl sites for hydroxylation is 2. The molecule has 0 unspecified atom stereocenters. The van der Waals surface area contributed by atoms with Crippen LogP contribution in [0.25, 0.3) is 6.08 Å². The summed E-state index contributed by atoms with van der Waals surface area (Å²) < 4.78 is 1.63. The molecule has 0 saturated heterocycles. The van der Waals surface area contributed by atoms with E-state index in [9.17, 15) is 9.59 Å². The first kappa shape index (κ1) is 14.0.